The molecule has 0 aromatic heterocycles. The Balaban J connectivity index is 1.92. The van der Waals surface area contributed by atoms with E-state index in [9.17, 15) is 0 Å². The van der Waals surface area contributed by atoms with Crippen molar-refractivity contribution in [2.24, 2.45) is 0 Å². The van der Waals surface area contributed by atoms with Gasteiger partial charge in [0.15, 0.2) is 0 Å². The van der Waals surface area contributed by atoms with Crippen LogP contribution in [-0.4, -0.2) is 62.2 Å². The minimum absolute atomic E-state index is 0.691. The third kappa shape index (κ3) is 2.84. The van der Waals surface area contributed by atoms with E-state index in [-0.39, 0.29) is 0 Å². The summed E-state index contributed by atoms with van der Waals surface area (Å²) in [5.74, 6) is 0. The molecule has 16 heavy (non-hydrogen) atoms. The Bertz CT molecular complexity index is 266. The van der Waals surface area contributed by atoms with Crippen LogP contribution in [0.2, 0.25) is 0 Å². The van der Waals surface area contributed by atoms with Crippen molar-refractivity contribution in [3.05, 3.63) is 11.1 Å². The second-order valence-corrected chi connectivity index (χ2v) is 5.42. The maximum absolute atomic E-state index is 3.33. The second kappa shape index (κ2) is 5.30. The SMILES string of the molecule is CC(CN1CCCN(C)CC1C)=C1CNC1. The molecule has 3 nitrogen and oxygen atoms in total. The van der Waals surface area contributed by atoms with Gasteiger partial charge in [-0.25, -0.2) is 0 Å². The Morgan fingerprint density at radius 2 is 2.12 bits per heavy atom. The minimum atomic E-state index is 0.691. The fourth-order valence-electron chi connectivity index (χ4n) is 2.63. The van der Waals surface area contributed by atoms with Gasteiger partial charge in [0.1, 0.15) is 0 Å². The lowest BCUT2D eigenvalue weighted by atomic mass is 10.0. The number of hydrogen-bond acceptors (Lipinski definition) is 3. The van der Waals surface area contributed by atoms with Gasteiger partial charge >= 0.3 is 0 Å². The van der Waals surface area contributed by atoms with Gasteiger partial charge in [-0.3, -0.25) is 4.90 Å². The molecule has 2 fully saturated rings. The van der Waals surface area contributed by atoms with E-state index in [2.05, 4.69) is 36.0 Å². The minimum Gasteiger partial charge on any atom is -0.309 e. The van der Waals surface area contributed by atoms with Crippen molar-refractivity contribution in [2.45, 2.75) is 26.3 Å². The van der Waals surface area contributed by atoms with E-state index >= 15 is 0 Å². The predicted molar refractivity (Wildman–Crippen MR) is 68.7 cm³/mol. The molecule has 2 heterocycles. The number of rotatable bonds is 2. The molecule has 2 aliphatic heterocycles. The first-order chi connectivity index (χ1) is 7.66. The summed E-state index contributed by atoms with van der Waals surface area (Å²) >= 11 is 0. The highest BCUT2D eigenvalue weighted by atomic mass is 15.2. The zero-order valence-corrected chi connectivity index (χ0v) is 10.9. The average molecular weight is 223 g/mol. The van der Waals surface area contributed by atoms with Crippen LogP contribution >= 0.6 is 0 Å². The van der Waals surface area contributed by atoms with Crippen molar-refractivity contribution in [2.75, 3.05) is 46.3 Å². The van der Waals surface area contributed by atoms with Gasteiger partial charge in [-0.05, 0) is 39.4 Å². The summed E-state index contributed by atoms with van der Waals surface area (Å²) < 4.78 is 0. The maximum Gasteiger partial charge on any atom is 0.0198 e. The third-order valence-corrected chi connectivity index (χ3v) is 3.90. The molecule has 0 bridgehead atoms. The second-order valence-electron chi connectivity index (χ2n) is 5.42. The zero-order valence-electron chi connectivity index (χ0n) is 10.9. The van der Waals surface area contributed by atoms with Gasteiger partial charge in [-0.15, -0.1) is 0 Å². The maximum atomic E-state index is 3.33. The molecule has 92 valence electrons. The molecule has 1 unspecified atom stereocenters. The molecule has 0 saturated carbocycles. The van der Waals surface area contributed by atoms with Gasteiger partial charge in [-0.2, -0.15) is 0 Å². The summed E-state index contributed by atoms with van der Waals surface area (Å²) in [4.78, 5) is 5.10. The average Bonchev–Trinajstić information content (AvgIpc) is 2.25. The van der Waals surface area contributed by atoms with Crippen molar-refractivity contribution in [3.8, 4) is 0 Å². The molecule has 3 heteroatoms. The largest absolute Gasteiger partial charge is 0.309 e. The van der Waals surface area contributed by atoms with Gasteiger partial charge in [0, 0.05) is 38.8 Å². The monoisotopic (exact) mass is 223 g/mol. The Hall–Kier alpha value is -0.380. The van der Waals surface area contributed by atoms with Gasteiger partial charge in [0.2, 0.25) is 0 Å². The molecule has 2 rings (SSSR count). The van der Waals surface area contributed by atoms with E-state index in [0.29, 0.717) is 6.04 Å². The van der Waals surface area contributed by atoms with Crippen molar-refractivity contribution in [1.82, 2.24) is 15.1 Å². The molecule has 2 saturated heterocycles. The normalized spacial score (nSPS) is 28.7. The Morgan fingerprint density at radius 3 is 2.75 bits per heavy atom. The van der Waals surface area contributed by atoms with E-state index in [1.807, 2.05) is 0 Å². The van der Waals surface area contributed by atoms with Gasteiger partial charge < -0.3 is 10.2 Å². The first kappa shape index (κ1) is 12.1. The number of nitrogens with zero attached hydrogens (tertiary/aromatic N) is 2. The summed E-state index contributed by atoms with van der Waals surface area (Å²) in [6, 6.07) is 0.691. The van der Waals surface area contributed by atoms with Crippen LogP contribution in [0.1, 0.15) is 20.3 Å². The van der Waals surface area contributed by atoms with Crippen LogP contribution in [0.25, 0.3) is 0 Å². The predicted octanol–water partition coefficient (Wildman–Crippen LogP) is 0.932. The highest BCUT2D eigenvalue weighted by Gasteiger charge is 2.21. The standard InChI is InChI=1S/C13H25N3/c1-11(13-7-14-8-13)9-16-6-4-5-15(3)10-12(16)2/h12,14H,4-10H2,1-3H3. The van der Waals surface area contributed by atoms with Gasteiger partial charge in [0.05, 0.1) is 0 Å². The van der Waals surface area contributed by atoms with E-state index < -0.39 is 0 Å². The summed E-state index contributed by atoms with van der Waals surface area (Å²) in [6.07, 6.45) is 1.31. The summed E-state index contributed by atoms with van der Waals surface area (Å²) in [7, 11) is 2.24. The molecule has 0 amide bonds. The first-order valence-electron chi connectivity index (χ1n) is 6.47. The summed E-state index contributed by atoms with van der Waals surface area (Å²) in [5.41, 5.74) is 3.22. The quantitative estimate of drug-likeness (QED) is 0.703. The highest BCUT2D eigenvalue weighted by Crippen LogP contribution is 2.14. The van der Waals surface area contributed by atoms with Crippen LogP contribution in [0.3, 0.4) is 0 Å². The smallest absolute Gasteiger partial charge is 0.0198 e. The van der Waals surface area contributed by atoms with E-state index in [0.717, 1.165) is 13.1 Å². The molecule has 0 aliphatic carbocycles. The lowest BCUT2D eigenvalue weighted by Gasteiger charge is -2.30. The molecule has 0 radical (unpaired) electrons. The summed E-state index contributed by atoms with van der Waals surface area (Å²) in [5, 5.41) is 3.33. The van der Waals surface area contributed by atoms with Crippen LogP contribution < -0.4 is 5.32 Å². The van der Waals surface area contributed by atoms with Gasteiger partial charge in [-0.1, -0.05) is 5.57 Å². The lowest BCUT2D eigenvalue weighted by Crippen LogP contribution is -2.41. The Morgan fingerprint density at radius 1 is 1.38 bits per heavy atom. The molecule has 2 aliphatic rings. The Kier molecular flexibility index (Phi) is 4.00. The molecular weight excluding hydrogens is 198 g/mol. The summed E-state index contributed by atoms with van der Waals surface area (Å²) in [6.45, 7) is 11.8. The molecule has 0 aromatic rings. The van der Waals surface area contributed by atoms with Crippen LogP contribution in [0, 0.1) is 0 Å². The Labute approximate surface area is 99.5 Å². The molecule has 0 spiro atoms. The zero-order chi connectivity index (χ0) is 11.5. The lowest BCUT2D eigenvalue weighted by molar-refractivity contribution is 0.216. The van der Waals surface area contributed by atoms with Crippen molar-refractivity contribution in [3.63, 3.8) is 0 Å². The highest BCUT2D eigenvalue weighted by molar-refractivity contribution is 5.22. The molecular formula is C13H25N3. The van der Waals surface area contributed by atoms with Crippen LogP contribution in [0.5, 0.6) is 0 Å². The van der Waals surface area contributed by atoms with Crippen molar-refractivity contribution < 1.29 is 0 Å². The number of hydrogen-bond donors (Lipinski definition) is 1. The fourth-order valence-corrected chi connectivity index (χ4v) is 2.63. The van der Waals surface area contributed by atoms with Crippen molar-refractivity contribution in [1.29, 1.82) is 0 Å². The van der Waals surface area contributed by atoms with Crippen molar-refractivity contribution >= 4 is 0 Å². The number of likely N-dealkylation sites (N-methyl/N-ethyl adjacent to an activating group) is 1. The van der Waals surface area contributed by atoms with Crippen LogP contribution in [0.4, 0.5) is 0 Å². The van der Waals surface area contributed by atoms with E-state index in [1.165, 1.54) is 32.6 Å². The molecule has 1 N–H and O–H groups in total. The molecule has 1 atom stereocenters. The van der Waals surface area contributed by atoms with Gasteiger partial charge in [0.25, 0.3) is 0 Å². The molecule has 0 aromatic carbocycles. The van der Waals surface area contributed by atoms with E-state index in [4.69, 9.17) is 0 Å². The van der Waals surface area contributed by atoms with E-state index in [1.54, 1.807) is 11.1 Å². The first-order valence-corrected chi connectivity index (χ1v) is 6.47. The topological polar surface area (TPSA) is 18.5 Å². The fraction of sp³-hybridized carbons (Fsp3) is 0.846. The number of nitrogens with one attached hydrogen (secondary N) is 1. The van der Waals surface area contributed by atoms with Crippen LogP contribution in [-0.2, 0) is 0 Å². The van der Waals surface area contributed by atoms with Crippen LogP contribution in [0.15, 0.2) is 11.1 Å². The third-order valence-electron chi connectivity index (χ3n) is 3.90.